The minimum absolute atomic E-state index is 0.0168. The number of fused-ring (bicyclic) bond motifs is 1. The van der Waals surface area contributed by atoms with Crippen LogP contribution in [0.25, 0.3) is 10.2 Å². The lowest BCUT2D eigenvalue weighted by atomic mass is 10.1. The number of hydrogen-bond acceptors (Lipinski definition) is 4. The Bertz CT molecular complexity index is 488. The van der Waals surface area contributed by atoms with E-state index in [4.69, 9.17) is 4.74 Å². The lowest BCUT2D eigenvalue weighted by Gasteiger charge is -2.06. The van der Waals surface area contributed by atoms with Gasteiger partial charge in [-0.15, -0.1) is 11.3 Å². The molecule has 0 saturated heterocycles. The third-order valence-corrected chi connectivity index (χ3v) is 3.64. The molecule has 0 spiro atoms. The number of nitrogens with zero attached hydrogens (tertiary/aromatic N) is 1. The van der Waals surface area contributed by atoms with E-state index in [9.17, 15) is 4.79 Å². The first-order valence-electron chi connectivity index (χ1n) is 5.58. The number of ether oxygens (including phenoxy) is 1. The summed E-state index contributed by atoms with van der Waals surface area (Å²) < 4.78 is 6.21. The fourth-order valence-electron chi connectivity index (χ4n) is 1.64. The second-order valence-electron chi connectivity index (χ2n) is 4.04. The van der Waals surface area contributed by atoms with Crippen molar-refractivity contribution >= 4 is 27.3 Å². The molecule has 1 heterocycles. The van der Waals surface area contributed by atoms with Gasteiger partial charge in [-0.2, -0.15) is 0 Å². The van der Waals surface area contributed by atoms with Gasteiger partial charge in [0.1, 0.15) is 10.8 Å². The van der Waals surface area contributed by atoms with Crippen molar-refractivity contribution in [3.05, 3.63) is 29.3 Å². The van der Waals surface area contributed by atoms with Crippen molar-refractivity contribution in [2.24, 2.45) is 0 Å². The van der Waals surface area contributed by atoms with Crippen LogP contribution in [0.1, 0.15) is 18.4 Å². The van der Waals surface area contributed by atoms with Crippen LogP contribution in [0.2, 0.25) is 0 Å². The van der Waals surface area contributed by atoms with E-state index >= 15 is 0 Å². The third kappa shape index (κ3) is 3.11. The van der Waals surface area contributed by atoms with Crippen molar-refractivity contribution in [2.75, 3.05) is 7.11 Å². The average Bonchev–Trinajstić information content (AvgIpc) is 2.70. The maximum Gasteiger partial charge on any atom is 0.142 e. The summed E-state index contributed by atoms with van der Waals surface area (Å²) in [5.41, 5.74) is 0.972. The van der Waals surface area contributed by atoms with E-state index in [2.05, 4.69) is 4.98 Å². The first-order chi connectivity index (χ1) is 8.19. The molecule has 0 amide bonds. The monoisotopic (exact) mass is 249 g/mol. The van der Waals surface area contributed by atoms with Crippen LogP contribution in [0.5, 0.6) is 0 Å². The molecule has 4 heteroatoms. The molecule has 0 aliphatic heterocycles. The molecule has 0 radical (unpaired) electrons. The van der Waals surface area contributed by atoms with Crippen molar-refractivity contribution in [1.82, 2.24) is 4.98 Å². The molecule has 1 aromatic carbocycles. The Balaban J connectivity index is 2.05. The number of para-hydroxylation sites is 1. The topological polar surface area (TPSA) is 39.2 Å². The number of hydrogen-bond donors (Lipinski definition) is 0. The molecule has 1 unspecified atom stereocenters. The second kappa shape index (κ2) is 5.38. The molecule has 0 N–H and O–H groups in total. The van der Waals surface area contributed by atoms with E-state index in [0.717, 1.165) is 15.2 Å². The molecule has 0 bridgehead atoms. The van der Waals surface area contributed by atoms with Crippen LogP contribution in [0.3, 0.4) is 0 Å². The maximum atomic E-state index is 11.7. The van der Waals surface area contributed by atoms with Crippen LogP contribution in [-0.4, -0.2) is 24.0 Å². The van der Waals surface area contributed by atoms with E-state index in [1.165, 1.54) is 0 Å². The molecule has 0 aliphatic rings. The van der Waals surface area contributed by atoms with Crippen molar-refractivity contribution < 1.29 is 9.53 Å². The highest BCUT2D eigenvalue weighted by atomic mass is 32.1. The van der Waals surface area contributed by atoms with Gasteiger partial charge in [0, 0.05) is 13.5 Å². The molecule has 2 aromatic rings. The number of thiazole rings is 1. The van der Waals surface area contributed by atoms with E-state index in [-0.39, 0.29) is 11.9 Å². The van der Waals surface area contributed by atoms with Gasteiger partial charge in [0.2, 0.25) is 0 Å². The Labute approximate surface area is 104 Å². The molecule has 1 atom stereocenters. The van der Waals surface area contributed by atoms with Gasteiger partial charge in [0.25, 0.3) is 0 Å². The number of rotatable bonds is 5. The summed E-state index contributed by atoms with van der Waals surface area (Å²) in [5.74, 6) is 0.179. The van der Waals surface area contributed by atoms with Gasteiger partial charge in [-0.05, 0) is 19.1 Å². The predicted molar refractivity (Wildman–Crippen MR) is 69.4 cm³/mol. The Morgan fingerprint density at radius 2 is 2.24 bits per heavy atom. The van der Waals surface area contributed by atoms with Crippen molar-refractivity contribution in [3.63, 3.8) is 0 Å². The molecule has 0 aliphatic carbocycles. The Kier molecular flexibility index (Phi) is 3.86. The van der Waals surface area contributed by atoms with E-state index in [1.54, 1.807) is 18.4 Å². The van der Waals surface area contributed by atoms with Gasteiger partial charge >= 0.3 is 0 Å². The van der Waals surface area contributed by atoms with Crippen LogP contribution >= 0.6 is 11.3 Å². The van der Waals surface area contributed by atoms with Gasteiger partial charge in [-0.3, -0.25) is 4.79 Å². The zero-order valence-electron chi connectivity index (χ0n) is 9.97. The lowest BCUT2D eigenvalue weighted by molar-refractivity contribution is -0.120. The Morgan fingerprint density at radius 1 is 1.47 bits per heavy atom. The van der Waals surface area contributed by atoms with Crippen molar-refractivity contribution in [3.8, 4) is 0 Å². The minimum Gasteiger partial charge on any atom is -0.381 e. The third-order valence-electron chi connectivity index (χ3n) is 2.60. The SMILES string of the molecule is COC(C)CC(=O)Cc1nc2ccccc2s1. The van der Waals surface area contributed by atoms with E-state index < -0.39 is 0 Å². The molecule has 1 aromatic heterocycles. The number of methoxy groups -OCH3 is 1. The highest BCUT2D eigenvalue weighted by molar-refractivity contribution is 7.18. The summed E-state index contributed by atoms with van der Waals surface area (Å²) in [6, 6.07) is 7.94. The van der Waals surface area contributed by atoms with Crippen molar-refractivity contribution in [1.29, 1.82) is 0 Å². The van der Waals surface area contributed by atoms with Gasteiger partial charge in [-0.1, -0.05) is 12.1 Å². The molecular weight excluding hydrogens is 234 g/mol. The highest BCUT2D eigenvalue weighted by Crippen LogP contribution is 2.22. The van der Waals surface area contributed by atoms with Gasteiger partial charge < -0.3 is 4.74 Å². The number of carbonyl (C=O) groups is 1. The van der Waals surface area contributed by atoms with E-state index in [0.29, 0.717) is 12.8 Å². The number of carbonyl (C=O) groups excluding carboxylic acids is 1. The normalized spacial score (nSPS) is 12.8. The minimum atomic E-state index is -0.0168. The van der Waals surface area contributed by atoms with Gasteiger partial charge in [-0.25, -0.2) is 4.98 Å². The first kappa shape index (κ1) is 12.2. The molecule has 3 nitrogen and oxygen atoms in total. The zero-order valence-corrected chi connectivity index (χ0v) is 10.8. The summed E-state index contributed by atoms with van der Waals surface area (Å²) in [7, 11) is 1.62. The summed E-state index contributed by atoms with van der Waals surface area (Å²) >= 11 is 1.59. The molecule has 0 fully saturated rings. The predicted octanol–water partition coefficient (Wildman–Crippen LogP) is 2.83. The van der Waals surface area contributed by atoms with Gasteiger partial charge in [0.15, 0.2) is 0 Å². The number of aromatic nitrogens is 1. The molecule has 90 valence electrons. The summed E-state index contributed by atoms with van der Waals surface area (Å²) in [5, 5.41) is 0.888. The summed E-state index contributed by atoms with van der Waals surface area (Å²) in [6.45, 7) is 1.90. The summed E-state index contributed by atoms with van der Waals surface area (Å²) in [6.07, 6.45) is 0.844. The number of benzene rings is 1. The van der Waals surface area contributed by atoms with Crippen LogP contribution in [0, 0.1) is 0 Å². The van der Waals surface area contributed by atoms with Crippen LogP contribution in [-0.2, 0) is 16.0 Å². The fourth-order valence-corrected chi connectivity index (χ4v) is 2.64. The smallest absolute Gasteiger partial charge is 0.142 e. The fraction of sp³-hybridized carbons (Fsp3) is 0.385. The summed E-state index contributed by atoms with van der Waals surface area (Å²) in [4.78, 5) is 16.2. The zero-order chi connectivity index (χ0) is 12.3. The molecule has 2 rings (SSSR count). The average molecular weight is 249 g/mol. The standard InChI is InChI=1S/C13H15NO2S/c1-9(16-2)7-10(15)8-13-14-11-5-3-4-6-12(11)17-13/h3-6,9H,7-8H2,1-2H3. The van der Waals surface area contributed by atoms with Crippen LogP contribution < -0.4 is 0 Å². The quantitative estimate of drug-likeness (QED) is 0.818. The largest absolute Gasteiger partial charge is 0.381 e. The van der Waals surface area contributed by atoms with Crippen LogP contribution in [0.15, 0.2) is 24.3 Å². The highest BCUT2D eigenvalue weighted by Gasteiger charge is 2.11. The Hall–Kier alpha value is -1.26. The molecule has 0 saturated carbocycles. The molecule has 17 heavy (non-hydrogen) atoms. The Morgan fingerprint density at radius 3 is 2.94 bits per heavy atom. The maximum absolute atomic E-state index is 11.7. The second-order valence-corrected chi connectivity index (χ2v) is 5.16. The van der Waals surface area contributed by atoms with E-state index in [1.807, 2.05) is 31.2 Å². The molecular formula is C13H15NO2S. The van der Waals surface area contributed by atoms with Gasteiger partial charge in [0.05, 0.1) is 22.7 Å². The lowest BCUT2D eigenvalue weighted by Crippen LogP contribution is -2.13. The number of ketones is 1. The number of Topliss-reactive ketones (excluding diaryl/α,β-unsaturated/α-hetero) is 1. The van der Waals surface area contributed by atoms with Crippen LogP contribution in [0.4, 0.5) is 0 Å². The first-order valence-corrected chi connectivity index (χ1v) is 6.39. The van der Waals surface area contributed by atoms with Crippen molar-refractivity contribution in [2.45, 2.75) is 25.9 Å².